The second-order valence-electron chi connectivity index (χ2n) is 6.52. The molecule has 0 bridgehead atoms. The van der Waals surface area contributed by atoms with Crippen LogP contribution in [-0.4, -0.2) is 39.8 Å². The van der Waals surface area contributed by atoms with Crippen LogP contribution in [0.1, 0.15) is 12.5 Å². The molecule has 1 fully saturated rings. The van der Waals surface area contributed by atoms with Gasteiger partial charge in [0.2, 0.25) is 26.0 Å². The quantitative estimate of drug-likeness (QED) is 0.753. The van der Waals surface area contributed by atoms with Gasteiger partial charge in [-0.25, -0.2) is 21.1 Å². The van der Waals surface area contributed by atoms with Gasteiger partial charge in [0.1, 0.15) is 0 Å². The van der Waals surface area contributed by atoms with Crippen LogP contribution in [0.4, 0.5) is 5.69 Å². The zero-order valence-electron chi connectivity index (χ0n) is 14.9. The number of benzene rings is 2. The third-order valence-corrected chi connectivity index (χ3v) is 8.07. The number of carbonyl (C=O) groups excluding carboxylic acids is 1. The Balaban J connectivity index is 1.85. The van der Waals surface area contributed by atoms with Gasteiger partial charge in [-0.3, -0.25) is 4.79 Å². The van der Waals surface area contributed by atoms with Crippen LogP contribution in [0.25, 0.3) is 0 Å². The first-order chi connectivity index (χ1) is 12.6. The van der Waals surface area contributed by atoms with Gasteiger partial charge in [-0.1, -0.05) is 37.3 Å². The Morgan fingerprint density at radius 3 is 2.19 bits per heavy atom. The van der Waals surface area contributed by atoms with Gasteiger partial charge >= 0.3 is 0 Å². The van der Waals surface area contributed by atoms with Gasteiger partial charge in [-0.2, -0.15) is 4.31 Å². The molecule has 1 saturated heterocycles. The minimum absolute atomic E-state index is 0.0294. The van der Waals surface area contributed by atoms with Crippen LogP contribution in [0.15, 0.2) is 59.5 Å². The van der Waals surface area contributed by atoms with Gasteiger partial charge in [0.25, 0.3) is 0 Å². The molecule has 1 amide bonds. The first-order valence-electron chi connectivity index (χ1n) is 8.30. The standard InChI is InChI=1S/C18H20N2O5S2/c1-14-13-26(22,23)20(18(14)21)16-8-10-17(11-9-16)27(24,25)19(2)12-15-6-4-3-5-7-15/h3-11,14H,12-13H2,1-2H3. The van der Waals surface area contributed by atoms with E-state index in [0.29, 0.717) is 0 Å². The Labute approximate surface area is 159 Å². The lowest BCUT2D eigenvalue weighted by molar-refractivity contribution is -0.119. The molecular formula is C18H20N2O5S2. The van der Waals surface area contributed by atoms with Crippen molar-refractivity contribution in [1.82, 2.24) is 4.31 Å². The molecule has 0 spiro atoms. The van der Waals surface area contributed by atoms with Crippen LogP contribution in [0.2, 0.25) is 0 Å². The Bertz CT molecular complexity index is 1050. The lowest BCUT2D eigenvalue weighted by atomic mass is 10.2. The summed E-state index contributed by atoms with van der Waals surface area (Å²) in [5.41, 5.74) is 0.997. The summed E-state index contributed by atoms with van der Waals surface area (Å²) in [5.74, 6) is -1.37. The van der Waals surface area contributed by atoms with Crippen molar-refractivity contribution in [2.45, 2.75) is 18.4 Å². The molecule has 144 valence electrons. The highest BCUT2D eigenvalue weighted by atomic mass is 32.2. The molecule has 3 rings (SSSR count). The van der Waals surface area contributed by atoms with Crippen molar-refractivity contribution >= 4 is 31.6 Å². The molecule has 0 N–H and O–H groups in total. The predicted octanol–water partition coefficient (Wildman–Crippen LogP) is 1.82. The highest BCUT2D eigenvalue weighted by Gasteiger charge is 2.42. The van der Waals surface area contributed by atoms with E-state index in [2.05, 4.69) is 0 Å². The molecule has 27 heavy (non-hydrogen) atoms. The van der Waals surface area contributed by atoms with Crippen LogP contribution in [0.5, 0.6) is 0 Å². The molecular weight excluding hydrogens is 388 g/mol. The number of anilines is 1. The minimum atomic E-state index is -3.75. The van der Waals surface area contributed by atoms with Gasteiger partial charge in [0.15, 0.2) is 0 Å². The van der Waals surface area contributed by atoms with Gasteiger partial charge in [-0.15, -0.1) is 0 Å². The summed E-state index contributed by atoms with van der Waals surface area (Å²) >= 11 is 0. The maximum Gasteiger partial charge on any atom is 0.244 e. The first kappa shape index (κ1) is 19.5. The molecule has 7 nitrogen and oxygen atoms in total. The Morgan fingerprint density at radius 1 is 1.07 bits per heavy atom. The largest absolute Gasteiger partial charge is 0.273 e. The summed E-state index contributed by atoms with van der Waals surface area (Å²) in [6.07, 6.45) is 0. The van der Waals surface area contributed by atoms with E-state index in [1.807, 2.05) is 30.3 Å². The summed E-state index contributed by atoms with van der Waals surface area (Å²) in [4.78, 5) is 12.2. The van der Waals surface area contributed by atoms with Gasteiger partial charge in [-0.05, 0) is 29.8 Å². The molecule has 1 atom stereocenters. The van der Waals surface area contributed by atoms with Crippen LogP contribution in [-0.2, 0) is 31.4 Å². The van der Waals surface area contributed by atoms with E-state index in [9.17, 15) is 21.6 Å². The molecule has 1 aliphatic rings. The Hall–Kier alpha value is -2.23. The highest BCUT2D eigenvalue weighted by Crippen LogP contribution is 2.29. The molecule has 1 aliphatic heterocycles. The van der Waals surface area contributed by atoms with Crippen LogP contribution < -0.4 is 4.31 Å². The first-order valence-corrected chi connectivity index (χ1v) is 11.3. The van der Waals surface area contributed by atoms with E-state index in [1.54, 1.807) is 6.92 Å². The van der Waals surface area contributed by atoms with Crippen molar-refractivity contribution in [3.8, 4) is 0 Å². The van der Waals surface area contributed by atoms with E-state index < -0.39 is 31.9 Å². The fourth-order valence-electron chi connectivity index (χ4n) is 2.95. The van der Waals surface area contributed by atoms with E-state index in [1.165, 1.54) is 35.6 Å². The lowest BCUT2D eigenvalue weighted by Gasteiger charge is -2.19. The van der Waals surface area contributed by atoms with Gasteiger partial charge in [0, 0.05) is 13.6 Å². The highest BCUT2D eigenvalue weighted by molar-refractivity contribution is 7.94. The number of rotatable bonds is 5. The number of hydrogen-bond acceptors (Lipinski definition) is 5. The van der Waals surface area contributed by atoms with Crippen LogP contribution in [0, 0.1) is 5.92 Å². The number of sulfonamides is 2. The number of nitrogens with zero attached hydrogens (tertiary/aromatic N) is 2. The minimum Gasteiger partial charge on any atom is -0.273 e. The second kappa shape index (κ2) is 7.06. The predicted molar refractivity (Wildman–Crippen MR) is 102 cm³/mol. The Morgan fingerprint density at radius 2 is 1.67 bits per heavy atom. The monoisotopic (exact) mass is 408 g/mol. The van der Waals surface area contributed by atoms with Crippen molar-refractivity contribution in [1.29, 1.82) is 0 Å². The summed E-state index contributed by atoms with van der Waals surface area (Å²) in [5, 5.41) is 0. The zero-order chi connectivity index (χ0) is 19.8. The normalized spacial score (nSPS) is 19.6. The molecule has 9 heteroatoms. The van der Waals surface area contributed by atoms with Crippen molar-refractivity contribution < 1.29 is 21.6 Å². The zero-order valence-corrected chi connectivity index (χ0v) is 16.6. The maximum atomic E-state index is 12.7. The third kappa shape index (κ3) is 3.76. The molecule has 0 radical (unpaired) electrons. The summed E-state index contributed by atoms with van der Waals surface area (Å²) in [7, 11) is -5.99. The Kier molecular flexibility index (Phi) is 5.11. The molecule has 0 aliphatic carbocycles. The number of hydrogen-bond donors (Lipinski definition) is 0. The van der Waals surface area contributed by atoms with E-state index in [0.717, 1.165) is 9.87 Å². The van der Waals surface area contributed by atoms with E-state index >= 15 is 0 Å². The molecule has 2 aromatic rings. The van der Waals surface area contributed by atoms with Crippen molar-refractivity contribution in [3.05, 3.63) is 60.2 Å². The number of amides is 1. The average Bonchev–Trinajstić information content (AvgIpc) is 2.83. The van der Waals surface area contributed by atoms with Crippen LogP contribution >= 0.6 is 0 Å². The molecule has 0 saturated carbocycles. The van der Waals surface area contributed by atoms with E-state index in [4.69, 9.17) is 0 Å². The van der Waals surface area contributed by atoms with Crippen LogP contribution in [0.3, 0.4) is 0 Å². The smallest absolute Gasteiger partial charge is 0.244 e. The fraction of sp³-hybridized carbons (Fsp3) is 0.278. The maximum absolute atomic E-state index is 12.7. The van der Waals surface area contributed by atoms with Crippen molar-refractivity contribution in [3.63, 3.8) is 0 Å². The van der Waals surface area contributed by atoms with E-state index in [-0.39, 0.29) is 22.9 Å². The topological polar surface area (TPSA) is 91.8 Å². The summed E-state index contributed by atoms with van der Waals surface area (Å²) in [6.45, 7) is 1.76. The third-order valence-electron chi connectivity index (χ3n) is 4.39. The molecule has 1 heterocycles. The average molecular weight is 409 g/mol. The van der Waals surface area contributed by atoms with Crippen molar-refractivity contribution in [2.75, 3.05) is 17.1 Å². The van der Waals surface area contributed by atoms with Gasteiger partial charge < -0.3 is 0 Å². The lowest BCUT2D eigenvalue weighted by Crippen LogP contribution is -2.30. The second-order valence-corrected chi connectivity index (χ2v) is 10.4. The fourth-order valence-corrected chi connectivity index (χ4v) is 5.93. The molecule has 1 unspecified atom stereocenters. The summed E-state index contributed by atoms with van der Waals surface area (Å²) < 4.78 is 51.8. The SMILES string of the molecule is CC1CS(=O)(=O)N(c2ccc(S(=O)(=O)N(C)Cc3ccccc3)cc2)C1=O. The molecule has 2 aromatic carbocycles. The summed E-state index contributed by atoms with van der Waals surface area (Å²) in [6, 6.07) is 14.5. The van der Waals surface area contributed by atoms with Crippen molar-refractivity contribution in [2.24, 2.45) is 5.92 Å². The number of carbonyl (C=O) groups is 1. The molecule has 0 aromatic heterocycles. The van der Waals surface area contributed by atoms with Gasteiger partial charge in [0.05, 0.1) is 22.3 Å².